The van der Waals surface area contributed by atoms with Gasteiger partial charge in [-0.1, -0.05) is 17.8 Å². The minimum Gasteiger partial charge on any atom is -0.339 e. The molecule has 1 fully saturated rings. The van der Waals surface area contributed by atoms with Crippen LogP contribution in [0.2, 0.25) is 0 Å². The summed E-state index contributed by atoms with van der Waals surface area (Å²) in [4.78, 5) is 19.2. The Morgan fingerprint density at radius 1 is 1.46 bits per heavy atom. The van der Waals surface area contributed by atoms with Crippen molar-refractivity contribution in [1.29, 1.82) is 5.26 Å². The molecule has 2 aromatic rings. The quantitative estimate of drug-likeness (QED) is 0.633. The number of halogens is 3. The van der Waals surface area contributed by atoms with Gasteiger partial charge in [-0.15, -0.1) is 11.3 Å². The lowest BCUT2D eigenvalue weighted by molar-refractivity contribution is -0.138. The summed E-state index contributed by atoms with van der Waals surface area (Å²) in [6.07, 6.45) is -1.77. The van der Waals surface area contributed by atoms with Crippen LogP contribution < -0.4 is 0 Å². The van der Waals surface area contributed by atoms with Crippen molar-refractivity contribution in [3.8, 4) is 16.6 Å². The number of piperidine rings is 1. The Labute approximate surface area is 169 Å². The molecule has 28 heavy (non-hydrogen) atoms. The lowest BCUT2D eigenvalue weighted by Crippen LogP contribution is -2.42. The zero-order chi connectivity index (χ0) is 20.3. The fourth-order valence-electron chi connectivity index (χ4n) is 3.19. The smallest absolute Gasteiger partial charge is 0.339 e. The Kier molecular flexibility index (Phi) is 6.30. The van der Waals surface area contributed by atoms with Gasteiger partial charge >= 0.3 is 6.18 Å². The van der Waals surface area contributed by atoms with Gasteiger partial charge in [0.05, 0.1) is 27.5 Å². The molecule has 0 N–H and O–H groups in total. The zero-order valence-corrected chi connectivity index (χ0v) is 16.8. The van der Waals surface area contributed by atoms with E-state index >= 15 is 0 Å². The highest BCUT2D eigenvalue weighted by Gasteiger charge is 2.36. The van der Waals surface area contributed by atoms with Crippen molar-refractivity contribution in [2.45, 2.75) is 43.4 Å². The van der Waals surface area contributed by atoms with Gasteiger partial charge in [0.2, 0.25) is 5.91 Å². The van der Waals surface area contributed by atoms with Crippen LogP contribution in [0.25, 0.3) is 10.6 Å². The van der Waals surface area contributed by atoms with E-state index in [1.807, 2.05) is 6.92 Å². The van der Waals surface area contributed by atoms with Crippen molar-refractivity contribution in [3.05, 3.63) is 34.7 Å². The normalized spacial score (nSPS) is 17.4. The molecule has 148 valence electrons. The minimum atomic E-state index is -4.68. The van der Waals surface area contributed by atoms with Crippen molar-refractivity contribution in [2.24, 2.45) is 0 Å². The lowest BCUT2D eigenvalue weighted by atomic mass is 10.0. The molecule has 4 nitrogen and oxygen atoms in total. The second-order valence-electron chi connectivity index (χ2n) is 6.54. The predicted molar refractivity (Wildman–Crippen MR) is 103 cm³/mol. The maximum Gasteiger partial charge on any atom is 0.417 e. The molecule has 3 heterocycles. The average Bonchev–Trinajstić information content (AvgIpc) is 3.19. The molecule has 1 atom stereocenters. The number of aromatic nitrogens is 1. The van der Waals surface area contributed by atoms with E-state index in [9.17, 15) is 23.2 Å². The van der Waals surface area contributed by atoms with Crippen molar-refractivity contribution < 1.29 is 18.0 Å². The van der Waals surface area contributed by atoms with Crippen LogP contribution in [-0.2, 0) is 11.0 Å². The number of hydrogen-bond acceptors (Lipinski definition) is 5. The SMILES string of the molecule is CC1CCCCN1C(=O)CSc1nc(-c2cccs2)cc(C(F)(F)F)c1C#N. The number of thiophene rings is 1. The fourth-order valence-corrected chi connectivity index (χ4v) is 4.76. The van der Waals surface area contributed by atoms with E-state index in [2.05, 4.69) is 4.98 Å². The number of nitrogens with zero attached hydrogens (tertiary/aromatic N) is 3. The van der Waals surface area contributed by atoms with Gasteiger partial charge in [0.25, 0.3) is 0 Å². The van der Waals surface area contributed by atoms with Gasteiger partial charge in [0.1, 0.15) is 11.1 Å². The van der Waals surface area contributed by atoms with Crippen LogP contribution in [0.1, 0.15) is 37.3 Å². The predicted octanol–water partition coefficient (Wildman–Crippen LogP) is 5.19. The summed E-state index contributed by atoms with van der Waals surface area (Å²) in [5, 5.41) is 11.0. The summed E-state index contributed by atoms with van der Waals surface area (Å²) in [5.74, 6) is -0.185. The van der Waals surface area contributed by atoms with Crippen LogP contribution in [0.4, 0.5) is 13.2 Å². The van der Waals surface area contributed by atoms with E-state index in [0.29, 0.717) is 11.4 Å². The molecule has 0 bridgehead atoms. The number of hydrogen-bond donors (Lipinski definition) is 0. The summed E-state index contributed by atoms with van der Waals surface area (Å²) in [6, 6.07) is 6.05. The molecule has 0 saturated carbocycles. The molecule has 3 rings (SSSR count). The standard InChI is InChI=1S/C19H18F3N3OS2/c1-12-5-2-3-7-25(12)17(26)11-28-18-13(10-23)14(19(20,21)22)9-15(24-18)16-6-4-8-27-16/h4,6,8-9,12H,2-3,5,7,11H2,1H3. The molecule has 1 unspecified atom stereocenters. The molecule has 0 aromatic carbocycles. The number of alkyl halides is 3. The van der Waals surface area contributed by atoms with Gasteiger partial charge < -0.3 is 4.90 Å². The minimum absolute atomic E-state index is 0.0444. The number of pyridine rings is 1. The number of amides is 1. The van der Waals surface area contributed by atoms with E-state index in [1.54, 1.807) is 28.5 Å². The van der Waals surface area contributed by atoms with Gasteiger partial charge in [0.15, 0.2) is 0 Å². The Hall–Kier alpha value is -2.05. The second kappa shape index (κ2) is 8.53. The number of nitriles is 1. The number of carbonyl (C=O) groups is 1. The Balaban J connectivity index is 1.91. The molecular formula is C19H18F3N3OS2. The largest absolute Gasteiger partial charge is 0.417 e. The monoisotopic (exact) mass is 425 g/mol. The highest BCUT2D eigenvalue weighted by Crippen LogP contribution is 2.38. The highest BCUT2D eigenvalue weighted by atomic mass is 32.2. The van der Waals surface area contributed by atoms with Crippen LogP contribution >= 0.6 is 23.1 Å². The summed E-state index contributed by atoms with van der Waals surface area (Å²) in [7, 11) is 0. The van der Waals surface area contributed by atoms with Crippen molar-refractivity contribution in [2.75, 3.05) is 12.3 Å². The first kappa shape index (κ1) is 20.7. The molecule has 1 aliphatic rings. The second-order valence-corrected chi connectivity index (χ2v) is 8.45. The molecule has 1 amide bonds. The Morgan fingerprint density at radius 2 is 2.25 bits per heavy atom. The average molecular weight is 426 g/mol. The molecule has 0 aliphatic carbocycles. The maximum atomic E-state index is 13.5. The van der Waals surface area contributed by atoms with Crippen LogP contribution in [0, 0.1) is 11.3 Å². The third-order valence-corrected chi connectivity index (χ3v) is 6.49. The van der Waals surface area contributed by atoms with E-state index < -0.39 is 17.3 Å². The van der Waals surface area contributed by atoms with Gasteiger partial charge in [-0.05, 0) is 43.7 Å². The van der Waals surface area contributed by atoms with Crippen molar-refractivity contribution in [3.63, 3.8) is 0 Å². The first-order valence-electron chi connectivity index (χ1n) is 8.79. The first-order valence-corrected chi connectivity index (χ1v) is 10.7. The molecule has 0 spiro atoms. The summed E-state index contributed by atoms with van der Waals surface area (Å²) in [6.45, 7) is 2.63. The third kappa shape index (κ3) is 4.50. The van der Waals surface area contributed by atoms with Gasteiger partial charge in [-0.3, -0.25) is 4.79 Å². The molecule has 0 radical (unpaired) electrons. The van der Waals surface area contributed by atoms with Crippen molar-refractivity contribution >= 4 is 29.0 Å². The van der Waals surface area contributed by atoms with Crippen LogP contribution in [-0.4, -0.2) is 34.1 Å². The summed E-state index contributed by atoms with van der Waals surface area (Å²) >= 11 is 2.16. The molecule has 9 heteroatoms. The summed E-state index contributed by atoms with van der Waals surface area (Å²) in [5.41, 5.74) is -1.39. The van der Waals surface area contributed by atoms with E-state index in [4.69, 9.17) is 0 Å². The van der Waals surface area contributed by atoms with E-state index in [1.165, 1.54) is 11.3 Å². The van der Waals surface area contributed by atoms with Crippen LogP contribution in [0.3, 0.4) is 0 Å². The molecule has 1 saturated heterocycles. The number of likely N-dealkylation sites (tertiary alicyclic amines) is 1. The van der Waals surface area contributed by atoms with Crippen LogP contribution in [0.5, 0.6) is 0 Å². The Morgan fingerprint density at radius 3 is 2.86 bits per heavy atom. The first-order chi connectivity index (χ1) is 13.3. The lowest BCUT2D eigenvalue weighted by Gasteiger charge is -2.33. The third-order valence-electron chi connectivity index (χ3n) is 4.63. The van der Waals surface area contributed by atoms with Crippen molar-refractivity contribution in [1.82, 2.24) is 9.88 Å². The maximum absolute atomic E-state index is 13.5. The zero-order valence-electron chi connectivity index (χ0n) is 15.1. The number of carbonyl (C=O) groups excluding carboxylic acids is 1. The van der Waals surface area contributed by atoms with E-state index in [0.717, 1.165) is 37.1 Å². The number of thioether (sulfide) groups is 1. The van der Waals surface area contributed by atoms with Gasteiger partial charge in [0, 0.05) is 12.6 Å². The van der Waals surface area contributed by atoms with Crippen LogP contribution in [0.15, 0.2) is 28.6 Å². The van der Waals surface area contributed by atoms with E-state index in [-0.39, 0.29) is 28.4 Å². The number of rotatable bonds is 4. The molecular weight excluding hydrogens is 407 g/mol. The summed E-state index contributed by atoms with van der Waals surface area (Å²) < 4.78 is 40.6. The van der Waals surface area contributed by atoms with Gasteiger partial charge in [-0.25, -0.2) is 4.98 Å². The van der Waals surface area contributed by atoms with Gasteiger partial charge in [-0.2, -0.15) is 18.4 Å². The topological polar surface area (TPSA) is 57.0 Å². The molecule has 1 aliphatic heterocycles. The molecule has 2 aromatic heterocycles. The highest BCUT2D eigenvalue weighted by molar-refractivity contribution is 8.00. The fraction of sp³-hybridized carbons (Fsp3) is 0.421. The Bertz CT molecular complexity index is 891.